The van der Waals surface area contributed by atoms with Crippen LogP contribution in [0.1, 0.15) is 28.9 Å². The lowest BCUT2D eigenvalue weighted by atomic mass is 9.75. The van der Waals surface area contributed by atoms with Crippen molar-refractivity contribution in [3.05, 3.63) is 76.6 Å². The summed E-state index contributed by atoms with van der Waals surface area (Å²) in [7, 11) is -2.24. The maximum Gasteiger partial charge on any atom is 0.255 e. The van der Waals surface area contributed by atoms with Crippen LogP contribution in [0.5, 0.6) is 0 Å². The molecule has 1 aromatic carbocycles. The monoisotopic (exact) mass is 527 g/mol. The predicted octanol–water partition coefficient (Wildman–Crippen LogP) is 3.04. The first-order valence-corrected chi connectivity index (χ1v) is 12.4. The minimum Gasteiger partial charge on any atom is -0.351 e. The molecule has 0 saturated carbocycles. The van der Waals surface area contributed by atoms with E-state index in [1.165, 1.54) is 39.7 Å². The normalized spacial score (nSPS) is 16.3. The van der Waals surface area contributed by atoms with Gasteiger partial charge >= 0.3 is 0 Å². The fraction of sp³-hybridized carbons (Fsp3) is 0.318. The maximum absolute atomic E-state index is 14.8. The van der Waals surface area contributed by atoms with Crippen molar-refractivity contribution in [3.8, 4) is 0 Å². The summed E-state index contributed by atoms with van der Waals surface area (Å²) in [6.07, 6.45) is 4.24. The zero-order valence-corrected chi connectivity index (χ0v) is 20.1. The molecule has 186 valence electrons. The molecule has 8 nitrogen and oxygen atoms in total. The molecule has 0 radical (unpaired) electrons. The van der Waals surface area contributed by atoms with Crippen LogP contribution in [0.4, 0.5) is 13.2 Å². The number of benzene rings is 1. The molecule has 3 heterocycles. The molecule has 4 rings (SSSR count). The van der Waals surface area contributed by atoms with Crippen molar-refractivity contribution in [1.29, 1.82) is 0 Å². The number of hydrogen-bond donors (Lipinski definition) is 1. The molecule has 0 spiro atoms. The van der Waals surface area contributed by atoms with Crippen LogP contribution in [0.3, 0.4) is 0 Å². The standard InChI is InChI=1S/C22H21ClF3N5O3S/c1-30-12-14(11-29-30)35(33,34)31-9-6-22(7-10-31,20-17(26)3-2-8-27-20)13-28-21(32)18-15(24)4-5-16(25)19(18)23/h2-5,8,11-12H,6-7,9-10,13H2,1H3,(H,28,32). The highest BCUT2D eigenvalue weighted by molar-refractivity contribution is 7.89. The third kappa shape index (κ3) is 4.78. The van der Waals surface area contributed by atoms with Crippen LogP contribution in [0, 0.1) is 17.5 Å². The van der Waals surface area contributed by atoms with Crippen molar-refractivity contribution < 1.29 is 26.4 Å². The molecular weight excluding hydrogens is 507 g/mol. The Labute approximate surface area is 204 Å². The van der Waals surface area contributed by atoms with Crippen LogP contribution in [0.15, 0.2) is 47.8 Å². The van der Waals surface area contributed by atoms with E-state index in [0.29, 0.717) is 0 Å². The lowest BCUT2D eigenvalue weighted by Gasteiger charge is -2.41. The zero-order valence-electron chi connectivity index (χ0n) is 18.5. The fourth-order valence-electron chi connectivity index (χ4n) is 4.18. The van der Waals surface area contributed by atoms with E-state index in [1.807, 2.05) is 0 Å². The SMILES string of the molecule is Cn1cc(S(=O)(=O)N2CCC(CNC(=O)c3c(F)ccc(F)c3Cl)(c3ncccc3F)CC2)cn1. The van der Waals surface area contributed by atoms with Gasteiger partial charge < -0.3 is 5.32 Å². The Kier molecular flexibility index (Phi) is 6.89. The summed E-state index contributed by atoms with van der Waals surface area (Å²) in [5.74, 6) is -3.57. The van der Waals surface area contributed by atoms with E-state index < -0.39 is 49.4 Å². The van der Waals surface area contributed by atoms with Gasteiger partial charge in [-0.2, -0.15) is 9.40 Å². The van der Waals surface area contributed by atoms with E-state index in [9.17, 15) is 26.4 Å². The number of piperidine rings is 1. The topological polar surface area (TPSA) is 97.2 Å². The smallest absolute Gasteiger partial charge is 0.255 e. The van der Waals surface area contributed by atoms with E-state index in [2.05, 4.69) is 15.4 Å². The second-order valence-electron chi connectivity index (χ2n) is 8.27. The highest BCUT2D eigenvalue weighted by atomic mass is 35.5. The van der Waals surface area contributed by atoms with Gasteiger partial charge in [0, 0.05) is 44.5 Å². The molecule has 0 atom stereocenters. The largest absolute Gasteiger partial charge is 0.351 e. The van der Waals surface area contributed by atoms with Gasteiger partial charge in [0.25, 0.3) is 5.91 Å². The average Bonchev–Trinajstić information content (AvgIpc) is 3.28. The van der Waals surface area contributed by atoms with Gasteiger partial charge in [-0.05, 0) is 37.1 Å². The number of hydrogen-bond acceptors (Lipinski definition) is 5. The number of carbonyl (C=O) groups excluding carboxylic acids is 1. The molecule has 1 aliphatic heterocycles. The molecule has 2 aromatic heterocycles. The number of nitrogens with zero attached hydrogens (tertiary/aromatic N) is 4. The quantitative estimate of drug-likeness (QED) is 0.497. The summed E-state index contributed by atoms with van der Waals surface area (Å²) in [5, 5.41) is 5.75. The highest BCUT2D eigenvalue weighted by Gasteiger charge is 2.43. The molecular formula is C22H21ClF3N5O3S. The second-order valence-corrected chi connectivity index (χ2v) is 10.6. The van der Waals surface area contributed by atoms with Crippen molar-refractivity contribution in [2.45, 2.75) is 23.2 Å². The van der Waals surface area contributed by atoms with E-state index in [4.69, 9.17) is 11.6 Å². The minimum absolute atomic E-state index is 0.0121. The predicted molar refractivity (Wildman–Crippen MR) is 121 cm³/mol. The van der Waals surface area contributed by atoms with Gasteiger partial charge in [-0.25, -0.2) is 21.6 Å². The van der Waals surface area contributed by atoms with Gasteiger partial charge in [-0.1, -0.05) is 11.6 Å². The molecule has 1 saturated heterocycles. The Morgan fingerprint density at radius 1 is 1.14 bits per heavy atom. The summed E-state index contributed by atoms with van der Waals surface area (Å²) in [4.78, 5) is 16.9. The fourth-order valence-corrected chi connectivity index (χ4v) is 5.85. The molecule has 1 amide bonds. The van der Waals surface area contributed by atoms with Gasteiger partial charge in [0.2, 0.25) is 10.0 Å². The lowest BCUT2D eigenvalue weighted by Crippen LogP contribution is -2.51. The van der Waals surface area contributed by atoms with Crippen LogP contribution < -0.4 is 5.32 Å². The van der Waals surface area contributed by atoms with Crippen LogP contribution in [0.25, 0.3) is 0 Å². The molecule has 1 fully saturated rings. The van der Waals surface area contributed by atoms with Gasteiger partial charge in [-0.3, -0.25) is 14.5 Å². The van der Waals surface area contributed by atoms with E-state index in [0.717, 1.165) is 12.1 Å². The number of halogens is 4. The van der Waals surface area contributed by atoms with Crippen molar-refractivity contribution in [3.63, 3.8) is 0 Å². The summed E-state index contributed by atoms with van der Waals surface area (Å²) in [5.41, 5.74) is -1.72. The van der Waals surface area contributed by atoms with Crippen molar-refractivity contribution >= 4 is 27.5 Å². The van der Waals surface area contributed by atoms with E-state index in [-0.39, 0.29) is 43.1 Å². The molecule has 3 aromatic rings. The number of rotatable bonds is 6. The highest BCUT2D eigenvalue weighted by Crippen LogP contribution is 2.37. The third-order valence-electron chi connectivity index (χ3n) is 6.12. The Hall–Kier alpha value is -2.96. The average molecular weight is 528 g/mol. The third-order valence-corrected chi connectivity index (χ3v) is 8.34. The Balaban J connectivity index is 1.60. The Bertz CT molecular complexity index is 1370. The van der Waals surface area contributed by atoms with Crippen molar-refractivity contribution in [2.75, 3.05) is 19.6 Å². The maximum atomic E-state index is 14.8. The molecule has 0 unspecified atom stereocenters. The molecule has 13 heteroatoms. The number of aromatic nitrogens is 3. The van der Waals surface area contributed by atoms with Gasteiger partial charge in [-0.15, -0.1) is 0 Å². The number of aryl methyl sites for hydroxylation is 1. The first-order chi connectivity index (χ1) is 16.5. The van der Waals surface area contributed by atoms with Crippen molar-refractivity contribution in [1.82, 2.24) is 24.4 Å². The van der Waals surface area contributed by atoms with Crippen LogP contribution in [-0.2, 0) is 22.5 Å². The number of pyridine rings is 1. The summed E-state index contributed by atoms with van der Waals surface area (Å²) >= 11 is 5.79. The number of amides is 1. The molecule has 35 heavy (non-hydrogen) atoms. The zero-order chi connectivity index (χ0) is 25.4. The summed E-state index contributed by atoms with van der Waals surface area (Å²) in [6, 6.07) is 4.21. The minimum atomic E-state index is -3.83. The first kappa shape index (κ1) is 25.1. The molecule has 1 aliphatic rings. The molecule has 0 bridgehead atoms. The lowest BCUT2D eigenvalue weighted by molar-refractivity contribution is 0.0926. The first-order valence-electron chi connectivity index (χ1n) is 10.6. The van der Waals surface area contributed by atoms with E-state index in [1.54, 1.807) is 7.05 Å². The Morgan fingerprint density at radius 3 is 2.46 bits per heavy atom. The van der Waals surface area contributed by atoms with Crippen LogP contribution in [0.2, 0.25) is 5.02 Å². The van der Waals surface area contributed by atoms with Crippen LogP contribution in [-0.4, -0.2) is 53.0 Å². The van der Waals surface area contributed by atoms with Gasteiger partial charge in [0.15, 0.2) is 0 Å². The molecule has 1 N–H and O–H groups in total. The van der Waals surface area contributed by atoms with Crippen LogP contribution >= 0.6 is 11.6 Å². The second kappa shape index (κ2) is 9.59. The molecule has 0 aliphatic carbocycles. The number of sulfonamides is 1. The number of nitrogens with one attached hydrogen (secondary N) is 1. The van der Waals surface area contributed by atoms with Gasteiger partial charge in [0.1, 0.15) is 22.3 Å². The Morgan fingerprint density at radius 2 is 1.83 bits per heavy atom. The summed E-state index contributed by atoms with van der Waals surface area (Å²) in [6.45, 7) is -0.177. The van der Waals surface area contributed by atoms with E-state index >= 15 is 0 Å². The van der Waals surface area contributed by atoms with Gasteiger partial charge in [0.05, 0.1) is 22.5 Å². The van der Waals surface area contributed by atoms with Crippen molar-refractivity contribution in [2.24, 2.45) is 7.05 Å². The summed E-state index contributed by atoms with van der Waals surface area (Å²) < 4.78 is 71.4. The number of carbonyl (C=O) groups is 1.